The number of benzene rings is 1. The fourth-order valence-electron chi connectivity index (χ4n) is 17.2. The van der Waals surface area contributed by atoms with Crippen LogP contribution >= 0.6 is 0 Å². The van der Waals surface area contributed by atoms with Crippen molar-refractivity contribution in [2.24, 2.45) is 56.2 Å². The molecule has 0 radical (unpaired) electrons. The van der Waals surface area contributed by atoms with Gasteiger partial charge in [0.25, 0.3) is 0 Å². The van der Waals surface area contributed by atoms with Gasteiger partial charge in [0.2, 0.25) is 0 Å². The van der Waals surface area contributed by atoms with Crippen LogP contribution in [0.25, 0.3) is 6.08 Å². The molecule has 9 rings (SSSR count). The van der Waals surface area contributed by atoms with E-state index in [1.807, 2.05) is 71.9 Å². The number of fused-ring (bicyclic) bond motifs is 7. The molecule has 1 aromatic rings. The largest absolute Gasteiger partial charge is 0.479 e. The molecule has 3 saturated heterocycles. The summed E-state index contributed by atoms with van der Waals surface area (Å²) in [5.41, 5.74) is -4.35. The molecule has 4 saturated carbocycles. The van der Waals surface area contributed by atoms with Gasteiger partial charge in [0.1, 0.15) is 54.9 Å². The number of aliphatic hydroxyl groups excluding tert-OH is 10. The fourth-order valence-corrected chi connectivity index (χ4v) is 17.2. The Balaban J connectivity index is 1.05. The number of ether oxygens (including phenoxy) is 9. The van der Waals surface area contributed by atoms with Crippen LogP contribution in [-0.4, -0.2) is 216 Å². The minimum Gasteiger partial charge on any atom is -0.479 e. The second-order valence-corrected chi connectivity index (χ2v) is 27.8. The molecular weight excluding hydrogens is 1140 g/mol. The smallest absolute Gasteiger partial charge is 0.335 e. The third kappa shape index (κ3) is 11.3. The van der Waals surface area contributed by atoms with Gasteiger partial charge >= 0.3 is 23.9 Å². The first-order valence-electron chi connectivity index (χ1n) is 30.6. The summed E-state index contributed by atoms with van der Waals surface area (Å²) in [7, 11) is 0. The van der Waals surface area contributed by atoms with E-state index >= 15 is 0 Å². The van der Waals surface area contributed by atoms with Crippen LogP contribution in [0.1, 0.15) is 120 Å². The molecule has 8 aliphatic rings. The van der Waals surface area contributed by atoms with Crippen molar-refractivity contribution in [1.82, 2.24) is 0 Å². The second kappa shape index (κ2) is 25.2. The molecule has 24 heteroatoms. The standard InChI is InChI=1S/C63H92O24/c1-11-29(2)54(78)87-52-51(83-39(68)20-17-31-15-13-12-14-16-31)58(4,5)25-33-32-18-19-37-60(8)23-22-38(59(6,7)36(60)21-24-61(37,9)62(32,10)49(74)50(75)63(33,52)28-66)82-57-48(86-56-44(73)42(71)40(69)34(26-64)80-56)46(79-30(3)67)45(47(85-57)53(76)77)84-55-43(72)41(70)35(27-65)81-55/h12-18,20,29,33-38,40-52,55-57,64-66,69-75H,11,19,21-28H2,1-10H3,(H,76,77). The Hall–Kier alpha value is -4.06. The van der Waals surface area contributed by atoms with Crippen LogP contribution in [0, 0.1) is 56.2 Å². The lowest BCUT2D eigenvalue weighted by atomic mass is 9.32. The van der Waals surface area contributed by atoms with Gasteiger partial charge in [-0.25, -0.2) is 9.59 Å². The monoisotopic (exact) mass is 1230 g/mol. The van der Waals surface area contributed by atoms with E-state index in [0.717, 1.165) is 18.1 Å². The van der Waals surface area contributed by atoms with Crippen LogP contribution in [0.3, 0.4) is 0 Å². The van der Waals surface area contributed by atoms with Gasteiger partial charge in [0, 0.05) is 23.8 Å². The average molecular weight is 1230 g/mol. The van der Waals surface area contributed by atoms with Crippen molar-refractivity contribution in [3.8, 4) is 0 Å². The number of hydrogen-bond acceptors (Lipinski definition) is 23. The van der Waals surface area contributed by atoms with Crippen molar-refractivity contribution < 1.29 is 118 Å². The molecule has 27 atom stereocenters. The first kappa shape index (κ1) is 67.3. The highest BCUT2D eigenvalue weighted by atomic mass is 16.8. The Kier molecular flexibility index (Phi) is 19.5. The Labute approximate surface area is 506 Å². The molecule has 5 aliphatic carbocycles. The second-order valence-electron chi connectivity index (χ2n) is 27.8. The van der Waals surface area contributed by atoms with Gasteiger partial charge in [-0.2, -0.15) is 0 Å². The van der Waals surface area contributed by atoms with E-state index in [2.05, 4.69) is 19.9 Å². The Bertz CT molecular complexity index is 2700. The van der Waals surface area contributed by atoms with Gasteiger partial charge in [-0.05, 0) is 90.6 Å². The number of carboxylic acid groups (broad SMARTS) is 1. The van der Waals surface area contributed by atoms with Gasteiger partial charge < -0.3 is 98.8 Å². The molecule has 3 heterocycles. The van der Waals surface area contributed by atoms with Crippen molar-refractivity contribution >= 4 is 30.0 Å². The van der Waals surface area contributed by atoms with Crippen molar-refractivity contribution in [2.45, 2.75) is 231 Å². The third-order valence-corrected chi connectivity index (χ3v) is 22.4. The fraction of sp³-hybridized carbons (Fsp3) is 0.778. The third-order valence-electron chi connectivity index (χ3n) is 22.4. The summed E-state index contributed by atoms with van der Waals surface area (Å²) >= 11 is 0. The van der Waals surface area contributed by atoms with Crippen molar-refractivity contribution in [1.29, 1.82) is 0 Å². The van der Waals surface area contributed by atoms with Crippen LogP contribution in [0.5, 0.6) is 0 Å². The maximum absolute atomic E-state index is 14.1. The maximum atomic E-state index is 14.1. The van der Waals surface area contributed by atoms with E-state index in [9.17, 15) is 75.3 Å². The number of aliphatic carboxylic acids is 1. The topological polar surface area (TPSA) is 374 Å². The highest BCUT2D eigenvalue weighted by molar-refractivity contribution is 5.87. The van der Waals surface area contributed by atoms with E-state index in [1.165, 1.54) is 6.08 Å². The van der Waals surface area contributed by atoms with E-state index in [0.29, 0.717) is 38.5 Å². The highest BCUT2D eigenvalue weighted by Gasteiger charge is 2.76. The number of carbonyl (C=O) groups is 4. The number of carboxylic acids is 1. The zero-order chi connectivity index (χ0) is 63.8. The minimum absolute atomic E-state index is 0.171. The van der Waals surface area contributed by atoms with Crippen LogP contribution in [0.2, 0.25) is 0 Å². The average Bonchev–Trinajstić information content (AvgIpc) is 0.822. The van der Waals surface area contributed by atoms with Gasteiger partial charge in [-0.3, -0.25) is 9.59 Å². The molecular formula is C63H92O24. The molecule has 0 amide bonds. The van der Waals surface area contributed by atoms with Crippen LogP contribution < -0.4 is 0 Å². The van der Waals surface area contributed by atoms with Gasteiger partial charge in [-0.15, -0.1) is 0 Å². The van der Waals surface area contributed by atoms with Crippen LogP contribution in [0.15, 0.2) is 48.1 Å². The zero-order valence-electron chi connectivity index (χ0n) is 51.2. The Morgan fingerprint density at radius 1 is 0.690 bits per heavy atom. The maximum Gasteiger partial charge on any atom is 0.335 e. The first-order valence-corrected chi connectivity index (χ1v) is 30.6. The van der Waals surface area contributed by atoms with E-state index in [1.54, 1.807) is 13.0 Å². The van der Waals surface area contributed by atoms with E-state index in [-0.39, 0.29) is 18.3 Å². The number of hydrogen-bond donors (Lipinski definition) is 11. The molecule has 0 spiro atoms. The summed E-state index contributed by atoms with van der Waals surface area (Å²) in [6.07, 6.45) is -24.1. The lowest BCUT2D eigenvalue weighted by molar-refractivity contribution is -0.383. The normalized spacial score (nSPS) is 46.0. The van der Waals surface area contributed by atoms with Crippen molar-refractivity contribution in [3.05, 3.63) is 53.6 Å². The summed E-state index contributed by atoms with van der Waals surface area (Å²) in [5, 5.41) is 123. The number of allylic oxidation sites excluding steroid dienone is 1. The molecule has 11 N–H and O–H groups in total. The molecule has 7 fully saturated rings. The predicted molar refractivity (Wildman–Crippen MR) is 302 cm³/mol. The van der Waals surface area contributed by atoms with Crippen molar-refractivity contribution in [3.63, 3.8) is 0 Å². The summed E-state index contributed by atoms with van der Waals surface area (Å²) in [6.45, 7) is 16.4. The van der Waals surface area contributed by atoms with Crippen LogP contribution in [0.4, 0.5) is 0 Å². The predicted octanol–water partition coefficient (Wildman–Crippen LogP) is 1.66. The molecule has 27 unspecified atom stereocenters. The van der Waals surface area contributed by atoms with Crippen molar-refractivity contribution in [2.75, 3.05) is 19.8 Å². The Morgan fingerprint density at radius 3 is 1.89 bits per heavy atom. The van der Waals surface area contributed by atoms with Crippen LogP contribution in [-0.2, 0) is 61.8 Å². The number of esters is 3. The molecule has 0 aromatic heterocycles. The highest BCUT2D eigenvalue weighted by Crippen LogP contribution is 2.76. The number of aliphatic hydroxyl groups is 10. The van der Waals surface area contributed by atoms with E-state index < -0.39 is 205 Å². The molecule has 0 bridgehead atoms. The summed E-state index contributed by atoms with van der Waals surface area (Å²) in [5.74, 6) is -5.61. The zero-order valence-corrected chi connectivity index (χ0v) is 51.2. The Morgan fingerprint density at radius 2 is 1.30 bits per heavy atom. The molecule has 87 heavy (non-hydrogen) atoms. The molecule has 3 aliphatic heterocycles. The number of carbonyl (C=O) groups excluding carboxylic acids is 3. The van der Waals surface area contributed by atoms with E-state index in [4.69, 9.17) is 42.6 Å². The quantitative estimate of drug-likeness (QED) is 0.0347. The molecule has 1 aromatic carbocycles. The van der Waals surface area contributed by atoms with Gasteiger partial charge in [0.05, 0.1) is 49.5 Å². The summed E-state index contributed by atoms with van der Waals surface area (Å²) < 4.78 is 55.4. The molecule has 488 valence electrons. The SMILES string of the molecule is CCC(C)C(=O)OC1C(OC(=O)C=Cc2ccccc2)C(C)(C)CC2C3=CCC4C5(C)CCC(OC6OC(C(=O)O)C(OC7OC(CO)C(O)C7O)C(OC(C)=O)C6OC6OC(CO)C(O)C(O)C6O)C(C)(C)C5CCC4(C)C3(C)C(O)C(O)C21CO. The summed E-state index contributed by atoms with van der Waals surface area (Å²) in [4.78, 5) is 54.4. The first-order chi connectivity index (χ1) is 40.8. The lowest BCUT2D eigenvalue weighted by Gasteiger charge is -2.73. The van der Waals surface area contributed by atoms with Gasteiger partial charge in [-0.1, -0.05) is 104 Å². The number of rotatable bonds is 17. The summed E-state index contributed by atoms with van der Waals surface area (Å²) in [6, 6.07) is 9.15. The lowest BCUT2D eigenvalue weighted by Crippen LogP contribution is -2.76. The molecule has 24 nitrogen and oxygen atoms in total. The minimum atomic E-state index is -2.09. The van der Waals surface area contributed by atoms with Gasteiger partial charge in [0.15, 0.2) is 43.3 Å².